The summed E-state index contributed by atoms with van der Waals surface area (Å²) < 4.78 is 19.0. The molecule has 1 N–H and O–H groups in total. The van der Waals surface area contributed by atoms with Gasteiger partial charge in [-0.15, -0.1) is 0 Å². The van der Waals surface area contributed by atoms with Crippen LogP contribution in [-0.2, 0) is 9.53 Å². The Bertz CT molecular complexity index is 229. The summed E-state index contributed by atoms with van der Waals surface area (Å²) in [4.78, 5) is 11.4. The van der Waals surface area contributed by atoms with Gasteiger partial charge in [-0.25, -0.2) is 4.39 Å². The second-order valence-electron chi connectivity index (χ2n) is 5.26. The van der Waals surface area contributed by atoms with E-state index >= 15 is 0 Å². The first-order valence-corrected chi connectivity index (χ1v) is 5.40. The fourth-order valence-electron chi connectivity index (χ4n) is 1.47. The van der Waals surface area contributed by atoms with E-state index in [2.05, 4.69) is 5.32 Å². The van der Waals surface area contributed by atoms with E-state index in [0.29, 0.717) is 6.42 Å². The monoisotopic (exact) mass is 217 g/mol. The number of nitrogens with one attached hydrogen (secondary N) is 1. The van der Waals surface area contributed by atoms with E-state index in [1.807, 2.05) is 0 Å². The summed E-state index contributed by atoms with van der Waals surface area (Å²) in [5.74, 6) is -0.343. The van der Waals surface area contributed by atoms with Crippen LogP contribution in [0.3, 0.4) is 0 Å². The number of alkyl halides is 1. The number of ether oxygens (including phenoxy) is 1. The number of piperidine rings is 1. The van der Waals surface area contributed by atoms with Gasteiger partial charge >= 0.3 is 5.97 Å². The van der Waals surface area contributed by atoms with Crippen LogP contribution in [0, 0.1) is 5.41 Å². The van der Waals surface area contributed by atoms with Crippen molar-refractivity contribution in [2.75, 3.05) is 19.7 Å². The van der Waals surface area contributed by atoms with E-state index in [-0.39, 0.29) is 19.1 Å². The minimum Gasteiger partial charge on any atom is -0.462 e. The van der Waals surface area contributed by atoms with Crippen molar-refractivity contribution < 1.29 is 13.9 Å². The number of hydrogen-bond acceptors (Lipinski definition) is 3. The maximum atomic E-state index is 14.0. The van der Waals surface area contributed by atoms with Gasteiger partial charge in [-0.1, -0.05) is 0 Å². The molecule has 3 nitrogen and oxygen atoms in total. The molecule has 0 aromatic rings. The second-order valence-corrected chi connectivity index (χ2v) is 5.26. The van der Waals surface area contributed by atoms with Crippen molar-refractivity contribution >= 4 is 5.97 Å². The maximum Gasteiger partial charge on any atom is 0.311 e. The maximum absolute atomic E-state index is 14.0. The van der Waals surface area contributed by atoms with Crippen LogP contribution in [0.15, 0.2) is 0 Å². The highest BCUT2D eigenvalue weighted by Crippen LogP contribution is 2.23. The minimum atomic E-state index is -1.38. The lowest BCUT2D eigenvalue weighted by atomic mass is 9.95. The number of rotatable bonds is 2. The van der Waals surface area contributed by atoms with Crippen molar-refractivity contribution in [3.63, 3.8) is 0 Å². The van der Waals surface area contributed by atoms with Crippen LogP contribution in [0.2, 0.25) is 0 Å². The first-order chi connectivity index (χ1) is 6.83. The smallest absolute Gasteiger partial charge is 0.311 e. The molecule has 0 bridgehead atoms. The van der Waals surface area contributed by atoms with Crippen molar-refractivity contribution in [3.05, 3.63) is 0 Å². The molecule has 0 spiro atoms. The number of esters is 1. The van der Waals surface area contributed by atoms with Crippen LogP contribution in [0.4, 0.5) is 4.39 Å². The van der Waals surface area contributed by atoms with Gasteiger partial charge in [-0.2, -0.15) is 0 Å². The first-order valence-electron chi connectivity index (χ1n) is 5.40. The molecule has 1 unspecified atom stereocenters. The predicted molar refractivity (Wildman–Crippen MR) is 56.4 cm³/mol. The van der Waals surface area contributed by atoms with Gasteiger partial charge in [0.1, 0.15) is 6.61 Å². The normalized spacial score (nSPS) is 27.5. The molecule has 0 saturated carbocycles. The molecular formula is C11H20FNO2. The number of hydrogen-bond donors (Lipinski definition) is 1. The number of carbonyl (C=O) groups excluding carboxylic acids is 1. The topological polar surface area (TPSA) is 38.3 Å². The molecule has 1 rings (SSSR count). The van der Waals surface area contributed by atoms with Crippen LogP contribution >= 0.6 is 0 Å². The predicted octanol–water partition coefficient (Wildman–Crippen LogP) is 1.67. The quantitative estimate of drug-likeness (QED) is 0.715. The number of halogens is 1. The van der Waals surface area contributed by atoms with Gasteiger partial charge in [-0.3, -0.25) is 4.79 Å². The Balaban J connectivity index is 2.38. The molecule has 1 heterocycles. The third kappa shape index (κ3) is 3.78. The third-order valence-electron chi connectivity index (χ3n) is 2.49. The highest BCUT2D eigenvalue weighted by Gasteiger charge is 2.34. The van der Waals surface area contributed by atoms with Crippen molar-refractivity contribution in [1.82, 2.24) is 5.32 Å². The van der Waals surface area contributed by atoms with E-state index in [9.17, 15) is 9.18 Å². The molecule has 0 amide bonds. The summed E-state index contributed by atoms with van der Waals surface area (Å²) in [7, 11) is 0. The lowest BCUT2D eigenvalue weighted by molar-refractivity contribution is -0.157. The summed E-state index contributed by atoms with van der Waals surface area (Å²) in [5, 5.41) is 2.97. The molecule has 1 atom stereocenters. The average Bonchev–Trinajstić information content (AvgIpc) is 2.14. The van der Waals surface area contributed by atoms with Crippen LogP contribution in [0.1, 0.15) is 33.6 Å². The molecule has 0 aliphatic carbocycles. The fourth-order valence-corrected chi connectivity index (χ4v) is 1.47. The van der Waals surface area contributed by atoms with Crippen LogP contribution in [-0.4, -0.2) is 31.3 Å². The van der Waals surface area contributed by atoms with Crippen LogP contribution in [0.25, 0.3) is 0 Å². The zero-order valence-electron chi connectivity index (χ0n) is 9.73. The lowest BCUT2D eigenvalue weighted by Gasteiger charge is -2.30. The molecule has 1 fully saturated rings. The van der Waals surface area contributed by atoms with Crippen molar-refractivity contribution in [2.45, 2.75) is 39.3 Å². The van der Waals surface area contributed by atoms with E-state index in [4.69, 9.17) is 4.74 Å². The Hall–Kier alpha value is -0.640. The Morgan fingerprint density at radius 1 is 1.53 bits per heavy atom. The summed E-state index contributed by atoms with van der Waals surface area (Å²) in [6.45, 7) is 6.29. The van der Waals surface area contributed by atoms with Crippen molar-refractivity contribution in [1.29, 1.82) is 0 Å². The molecule has 1 saturated heterocycles. The number of carbonyl (C=O) groups is 1. The summed E-state index contributed by atoms with van der Waals surface area (Å²) in [6.07, 6.45) is 1.26. The average molecular weight is 217 g/mol. The Morgan fingerprint density at radius 2 is 2.20 bits per heavy atom. The molecule has 0 aromatic heterocycles. The molecule has 1 aliphatic rings. The first kappa shape index (κ1) is 12.4. The summed E-state index contributed by atoms with van der Waals surface area (Å²) in [5.41, 5.74) is -1.93. The Kier molecular flexibility index (Phi) is 3.71. The van der Waals surface area contributed by atoms with E-state index < -0.39 is 11.1 Å². The zero-order chi connectivity index (χ0) is 11.5. The van der Waals surface area contributed by atoms with Crippen LogP contribution < -0.4 is 5.32 Å². The highest BCUT2D eigenvalue weighted by molar-refractivity contribution is 5.75. The van der Waals surface area contributed by atoms with E-state index in [1.54, 1.807) is 20.8 Å². The zero-order valence-corrected chi connectivity index (χ0v) is 9.73. The molecular weight excluding hydrogens is 197 g/mol. The van der Waals surface area contributed by atoms with E-state index in [1.165, 1.54) is 0 Å². The molecule has 4 heteroatoms. The van der Waals surface area contributed by atoms with Gasteiger partial charge in [0, 0.05) is 6.54 Å². The Labute approximate surface area is 90.4 Å². The van der Waals surface area contributed by atoms with Gasteiger partial charge in [0.2, 0.25) is 0 Å². The third-order valence-corrected chi connectivity index (χ3v) is 2.49. The molecule has 88 valence electrons. The molecule has 15 heavy (non-hydrogen) atoms. The minimum absolute atomic E-state index is 0.129. The molecule has 0 aromatic carbocycles. The molecule has 1 aliphatic heterocycles. The van der Waals surface area contributed by atoms with Crippen molar-refractivity contribution in [2.24, 2.45) is 5.41 Å². The van der Waals surface area contributed by atoms with Gasteiger partial charge in [-0.05, 0) is 40.2 Å². The van der Waals surface area contributed by atoms with Crippen molar-refractivity contribution in [3.8, 4) is 0 Å². The Morgan fingerprint density at radius 3 is 2.67 bits per heavy atom. The second kappa shape index (κ2) is 4.47. The standard InChI is InChI=1S/C11H20FNO2/c1-10(2,3)9(14)15-8-11(12)5-4-6-13-7-11/h13H,4-8H2,1-3H3. The molecule has 0 radical (unpaired) electrons. The van der Waals surface area contributed by atoms with Crippen LogP contribution in [0.5, 0.6) is 0 Å². The van der Waals surface area contributed by atoms with Gasteiger partial charge in [0.05, 0.1) is 5.41 Å². The van der Waals surface area contributed by atoms with E-state index in [0.717, 1.165) is 13.0 Å². The largest absolute Gasteiger partial charge is 0.462 e. The van der Waals surface area contributed by atoms with Gasteiger partial charge < -0.3 is 10.1 Å². The van der Waals surface area contributed by atoms with Gasteiger partial charge in [0.15, 0.2) is 5.67 Å². The fraction of sp³-hybridized carbons (Fsp3) is 0.909. The SMILES string of the molecule is CC(C)(C)C(=O)OCC1(F)CCCNC1. The van der Waals surface area contributed by atoms with Gasteiger partial charge in [0.25, 0.3) is 0 Å². The highest BCUT2D eigenvalue weighted by atomic mass is 19.1. The lowest BCUT2D eigenvalue weighted by Crippen LogP contribution is -2.46. The summed E-state index contributed by atoms with van der Waals surface area (Å²) >= 11 is 0. The summed E-state index contributed by atoms with van der Waals surface area (Å²) in [6, 6.07) is 0.